The van der Waals surface area contributed by atoms with Crippen LogP contribution in [0.3, 0.4) is 0 Å². The summed E-state index contributed by atoms with van der Waals surface area (Å²) in [4.78, 5) is 24.1. The van der Waals surface area contributed by atoms with Crippen LogP contribution in [0.2, 0.25) is 0 Å². The molecule has 0 fully saturated rings. The second-order valence-electron chi connectivity index (χ2n) is 6.51. The molecule has 117 valence electrons. The number of ketones is 1. The lowest BCUT2D eigenvalue weighted by molar-refractivity contribution is -0.238. The van der Waals surface area contributed by atoms with Crippen LogP contribution >= 0.6 is 0 Å². The number of rotatable bonds is 3. The maximum Gasteiger partial charge on any atom is 0.341 e. The molecule has 0 aromatic heterocycles. The predicted molar refractivity (Wildman–Crippen MR) is 80.8 cm³/mol. The van der Waals surface area contributed by atoms with E-state index in [4.69, 9.17) is 4.74 Å². The van der Waals surface area contributed by atoms with Crippen LogP contribution in [-0.4, -0.2) is 27.9 Å². The summed E-state index contributed by atoms with van der Waals surface area (Å²) in [6.07, 6.45) is 1.62. The SMILES string of the molecule is CC(=O)c1ccccc1OC(=O)C1=CC(C)(C)N([O])C1(C)C. The molecule has 0 aliphatic carbocycles. The minimum Gasteiger partial charge on any atom is -0.422 e. The summed E-state index contributed by atoms with van der Waals surface area (Å²) in [6, 6.07) is 6.56. The Kier molecular flexibility index (Phi) is 3.98. The molecular weight excluding hydrogens is 282 g/mol. The summed E-state index contributed by atoms with van der Waals surface area (Å²) in [6.45, 7) is 8.25. The summed E-state index contributed by atoms with van der Waals surface area (Å²) < 4.78 is 5.37. The average Bonchev–Trinajstić information content (AvgIpc) is 2.59. The highest BCUT2D eigenvalue weighted by Gasteiger charge is 2.49. The fraction of sp³-hybridized carbons (Fsp3) is 0.412. The van der Waals surface area contributed by atoms with Crippen molar-refractivity contribution in [3.05, 3.63) is 41.5 Å². The highest BCUT2D eigenvalue weighted by molar-refractivity contribution is 5.99. The van der Waals surface area contributed by atoms with Crippen LogP contribution in [0.15, 0.2) is 35.9 Å². The zero-order valence-corrected chi connectivity index (χ0v) is 13.5. The lowest BCUT2D eigenvalue weighted by atomic mass is 9.97. The quantitative estimate of drug-likeness (QED) is 0.489. The Morgan fingerprint density at radius 1 is 1.09 bits per heavy atom. The molecule has 5 nitrogen and oxygen atoms in total. The van der Waals surface area contributed by atoms with Gasteiger partial charge in [-0.2, -0.15) is 0 Å². The van der Waals surface area contributed by atoms with Crippen LogP contribution < -0.4 is 4.74 Å². The van der Waals surface area contributed by atoms with Crippen molar-refractivity contribution in [1.82, 2.24) is 5.06 Å². The molecule has 1 aromatic rings. The van der Waals surface area contributed by atoms with Gasteiger partial charge in [0.15, 0.2) is 5.78 Å². The molecule has 5 heteroatoms. The number of ether oxygens (including phenoxy) is 1. The molecule has 0 saturated heterocycles. The van der Waals surface area contributed by atoms with Crippen molar-refractivity contribution in [3.8, 4) is 5.75 Å². The van der Waals surface area contributed by atoms with Crippen LogP contribution in [-0.2, 0) is 10.0 Å². The van der Waals surface area contributed by atoms with Gasteiger partial charge < -0.3 is 4.74 Å². The van der Waals surface area contributed by atoms with E-state index in [9.17, 15) is 14.8 Å². The minimum absolute atomic E-state index is 0.186. The molecule has 1 heterocycles. The normalized spacial score (nSPS) is 19.6. The van der Waals surface area contributed by atoms with E-state index in [1.54, 1.807) is 58.0 Å². The minimum atomic E-state index is -0.980. The van der Waals surface area contributed by atoms with Gasteiger partial charge in [-0.3, -0.25) is 4.79 Å². The summed E-state index contributed by atoms with van der Waals surface area (Å²) in [5.41, 5.74) is -1.12. The molecule has 0 unspecified atom stereocenters. The number of hydrogen-bond acceptors (Lipinski definition) is 4. The number of carbonyl (C=O) groups is 2. The molecule has 0 amide bonds. The molecular formula is C17H20NO4. The van der Waals surface area contributed by atoms with Gasteiger partial charge >= 0.3 is 5.97 Å². The highest BCUT2D eigenvalue weighted by atomic mass is 16.5. The van der Waals surface area contributed by atoms with Crippen molar-refractivity contribution in [2.75, 3.05) is 0 Å². The number of hydrogen-bond donors (Lipinski definition) is 0. The molecule has 22 heavy (non-hydrogen) atoms. The average molecular weight is 302 g/mol. The number of Topliss-reactive ketones (excluding diaryl/α,β-unsaturated/α-hetero) is 1. The van der Waals surface area contributed by atoms with Crippen molar-refractivity contribution >= 4 is 11.8 Å². The first-order valence-corrected chi connectivity index (χ1v) is 7.10. The van der Waals surface area contributed by atoms with Crippen LogP contribution in [0.4, 0.5) is 0 Å². The molecule has 0 bridgehead atoms. The predicted octanol–water partition coefficient (Wildman–Crippen LogP) is 2.94. The van der Waals surface area contributed by atoms with Crippen molar-refractivity contribution < 1.29 is 19.5 Å². The number of hydroxylamine groups is 2. The third kappa shape index (κ3) is 2.69. The van der Waals surface area contributed by atoms with E-state index in [0.29, 0.717) is 11.1 Å². The highest BCUT2D eigenvalue weighted by Crippen LogP contribution is 2.39. The fourth-order valence-corrected chi connectivity index (χ4v) is 2.73. The maximum atomic E-state index is 12.5. The van der Waals surface area contributed by atoms with Crippen molar-refractivity contribution in [1.29, 1.82) is 0 Å². The zero-order chi connectivity index (χ0) is 16.7. The standard InChI is InChI=1S/C17H20NO4/c1-11(19)12-8-6-7-9-14(12)22-15(20)13-10-16(2,3)18(21)17(13,4)5/h6-10H,1-5H3. The molecule has 1 aromatic carbocycles. The van der Waals surface area contributed by atoms with E-state index in [1.807, 2.05) is 0 Å². The number of benzene rings is 1. The third-order valence-corrected chi connectivity index (χ3v) is 3.88. The van der Waals surface area contributed by atoms with Gasteiger partial charge in [-0.1, -0.05) is 12.1 Å². The fourth-order valence-electron chi connectivity index (χ4n) is 2.73. The Balaban J connectivity index is 2.33. The first kappa shape index (κ1) is 16.4. The monoisotopic (exact) mass is 302 g/mol. The number of carbonyl (C=O) groups excluding carboxylic acids is 2. The molecule has 1 aliphatic rings. The first-order chi connectivity index (χ1) is 10.1. The van der Waals surface area contributed by atoms with Gasteiger partial charge in [0, 0.05) is 0 Å². The van der Waals surface area contributed by atoms with Gasteiger partial charge in [-0.05, 0) is 52.8 Å². The molecule has 2 rings (SSSR count). The van der Waals surface area contributed by atoms with Gasteiger partial charge in [-0.15, -0.1) is 10.3 Å². The second kappa shape index (κ2) is 5.34. The summed E-state index contributed by atoms with van der Waals surface area (Å²) >= 11 is 0. The largest absolute Gasteiger partial charge is 0.422 e. The number of para-hydroxylation sites is 1. The van der Waals surface area contributed by atoms with Crippen LogP contribution in [0.1, 0.15) is 45.0 Å². The Morgan fingerprint density at radius 2 is 1.68 bits per heavy atom. The Hall–Kier alpha value is -1.98. The van der Waals surface area contributed by atoms with E-state index >= 15 is 0 Å². The van der Waals surface area contributed by atoms with Gasteiger partial charge in [0.2, 0.25) is 0 Å². The summed E-state index contributed by atoms with van der Waals surface area (Å²) in [7, 11) is 0. The Bertz CT molecular complexity index is 658. The van der Waals surface area contributed by atoms with Crippen molar-refractivity contribution in [2.45, 2.75) is 45.7 Å². The molecule has 0 saturated carbocycles. The Morgan fingerprint density at radius 3 is 2.18 bits per heavy atom. The topological polar surface area (TPSA) is 66.5 Å². The zero-order valence-electron chi connectivity index (χ0n) is 13.5. The second-order valence-corrected chi connectivity index (χ2v) is 6.51. The van der Waals surface area contributed by atoms with Gasteiger partial charge in [0.25, 0.3) is 0 Å². The summed E-state index contributed by atoms with van der Waals surface area (Å²) in [5.74, 6) is -0.585. The molecule has 0 atom stereocenters. The van der Waals surface area contributed by atoms with E-state index in [1.165, 1.54) is 6.92 Å². The van der Waals surface area contributed by atoms with E-state index in [2.05, 4.69) is 0 Å². The molecule has 1 radical (unpaired) electrons. The molecule has 1 aliphatic heterocycles. The van der Waals surface area contributed by atoms with Crippen molar-refractivity contribution in [2.24, 2.45) is 0 Å². The van der Waals surface area contributed by atoms with Crippen LogP contribution in [0, 0.1) is 0 Å². The maximum absolute atomic E-state index is 12.5. The van der Waals surface area contributed by atoms with Crippen LogP contribution in [0.5, 0.6) is 5.75 Å². The number of nitrogens with zero attached hydrogens (tertiary/aromatic N) is 1. The Labute approximate surface area is 130 Å². The lowest BCUT2D eigenvalue weighted by Crippen LogP contribution is -2.47. The van der Waals surface area contributed by atoms with Crippen LogP contribution in [0.25, 0.3) is 0 Å². The van der Waals surface area contributed by atoms with E-state index in [0.717, 1.165) is 5.06 Å². The van der Waals surface area contributed by atoms with E-state index < -0.39 is 17.0 Å². The molecule has 0 N–H and O–H groups in total. The van der Waals surface area contributed by atoms with Gasteiger partial charge in [0.05, 0.1) is 22.2 Å². The van der Waals surface area contributed by atoms with Gasteiger partial charge in [0.1, 0.15) is 5.75 Å². The van der Waals surface area contributed by atoms with Crippen molar-refractivity contribution in [3.63, 3.8) is 0 Å². The molecule has 0 spiro atoms. The van der Waals surface area contributed by atoms with Gasteiger partial charge in [-0.25, -0.2) is 4.79 Å². The lowest BCUT2D eigenvalue weighted by Gasteiger charge is -2.33. The third-order valence-electron chi connectivity index (χ3n) is 3.88. The van der Waals surface area contributed by atoms with E-state index in [-0.39, 0.29) is 11.5 Å². The number of esters is 1. The smallest absolute Gasteiger partial charge is 0.341 e. The summed E-state index contributed by atoms with van der Waals surface area (Å²) in [5, 5.41) is 13.2. The first-order valence-electron chi connectivity index (χ1n) is 7.10.